The molecule has 0 aliphatic carbocycles. The van der Waals surface area contributed by atoms with Gasteiger partial charge in [0.1, 0.15) is 0 Å². The fourth-order valence-electron chi connectivity index (χ4n) is 1.84. The van der Waals surface area contributed by atoms with Gasteiger partial charge in [0, 0.05) is 32.6 Å². The fourth-order valence-corrected chi connectivity index (χ4v) is 1.84. The SMILES string of the molecule is COCC(C)OCC(O)CN(C)Cc1ccncc1. The van der Waals surface area contributed by atoms with E-state index in [1.54, 1.807) is 19.5 Å². The van der Waals surface area contributed by atoms with Crippen LogP contribution in [0.4, 0.5) is 0 Å². The molecular weight excluding hydrogens is 244 g/mol. The maximum atomic E-state index is 9.89. The lowest BCUT2D eigenvalue weighted by atomic mass is 10.2. The van der Waals surface area contributed by atoms with Crippen molar-refractivity contribution in [3.63, 3.8) is 0 Å². The molecule has 0 bridgehead atoms. The lowest BCUT2D eigenvalue weighted by Gasteiger charge is -2.21. The molecule has 0 spiro atoms. The average Bonchev–Trinajstić information content (AvgIpc) is 2.38. The van der Waals surface area contributed by atoms with Crippen molar-refractivity contribution in [2.24, 2.45) is 0 Å². The monoisotopic (exact) mass is 268 g/mol. The molecular formula is C14H24N2O3. The van der Waals surface area contributed by atoms with Gasteiger partial charge in [0.15, 0.2) is 0 Å². The van der Waals surface area contributed by atoms with Crippen LogP contribution >= 0.6 is 0 Å². The first-order chi connectivity index (χ1) is 9.11. The Bertz CT molecular complexity index is 335. The lowest BCUT2D eigenvalue weighted by molar-refractivity contribution is -0.0385. The van der Waals surface area contributed by atoms with Crippen LogP contribution in [-0.4, -0.2) is 61.1 Å². The van der Waals surface area contributed by atoms with Crippen molar-refractivity contribution in [2.45, 2.75) is 25.7 Å². The van der Waals surface area contributed by atoms with Gasteiger partial charge in [-0.05, 0) is 31.7 Å². The molecule has 0 saturated heterocycles. The van der Waals surface area contributed by atoms with Crippen molar-refractivity contribution in [3.8, 4) is 0 Å². The number of aliphatic hydroxyl groups is 1. The van der Waals surface area contributed by atoms with Crippen LogP contribution in [0.2, 0.25) is 0 Å². The van der Waals surface area contributed by atoms with Crippen LogP contribution in [0.5, 0.6) is 0 Å². The Kier molecular flexibility index (Phi) is 7.59. The summed E-state index contributed by atoms with van der Waals surface area (Å²) < 4.78 is 10.5. The summed E-state index contributed by atoms with van der Waals surface area (Å²) in [5.41, 5.74) is 1.18. The second-order valence-corrected chi connectivity index (χ2v) is 4.81. The Morgan fingerprint density at radius 3 is 2.63 bits per heavy atom. The summed E-state index contributed by atoms with van der Waals surface area (Å²) >= 11 is 0. The molecule has 1 aromatic rings. The van der Waals surface area contributed by atoms with Gasteiger partial charge in [-0.3, -0.25) is 9.88 Å². The first-order valence-electron chi connectivity index (χ1n) is 6.48. The summed E-state index contributed by atoms with van der Waals surface area (Å²) in [5, 5.41) is 9.89. The molecule has 2 unspecified atom stereocenters. The zero-order valence-electron chi connectivity index (χ0n) is 12.0. The first-order valence-corrected chi connectivity index (χ1v) is 6.48. The highest BCUT2D eigenvalue weighted by atomic mass is 16.5. The van der Waals surface area contributed by atoms with Gasteiger partial charge in [-0.1, -0.05) is 0 Å². The minimum Gasteiger partial charge on any atom is -0.389 e. The second kappa shape index (κ2) is 8.98. The van der Waals surface area contributed by atoms with Crippen LogP contribution < -0.4 is 0 Å². The molecule has 5 nitrogen and oxygen atoms in total. The minimum absolute atomic E-state index is 0.00477. The van der Waals surface area contributed by atoms with Gasteiger partial charge in [0.25, 0.3) is 0 Å². The average molecular weight is 268 g/mol. The molecule has 1 aromatic heterocycles. The minimum atomic E-state index is -0.494. The van der Waals surface area contributed by atoms with Crippen LogP contribution in [0.15, 0.2) is 24.5 Å². The van der Waals surface area contributed by atoms with Crippen molar-refractivity contribution < 1.29 is 14.6 Å². The van der Waals surface area contributed by atoms with Crippen molar-refractivity contribution in [1.29, 1.82) is 0 Å². The molecule has 5 heteroatoms. The van der Waals surface area contributed by atoms with Gasteiger partial charge in [-0.15, -0.1) is 0 Å². The molecule has 2 atom stereocenters. The summed E-state index contributed by atoms with van der Waals surface area (Å²) in [6, 6.07) is 3.94. The van der Waals surface area contributed by atoms with E-state index in [1.165, 1.54) is 5.56 Å². The molecule has 0 saturated carbocycles. The van der Waals surface area contributed by atoms with Gasteiger partial charge >= 0.3 is 0 Å². The number of aliphatic hydroxyl groups excluding tert-OH is 1. The standard InChI is InChI=1S/C14H24N2O3/c1-12(10-18-3)19-11-14(17)9-16(2)8-13-4-6-15-7-5-13/h4-7,12,14,17H,8-11H2,1-3H3. The number of pyridine rings is 1. The van der Waals surface area contributed by atoms with E-state index in [2.05, 4.69) is 9.88 Å². The van der Waals surface area contributed by atoms with E-state index < -0.39 is 6.10 Å². The highest BCUT2D eigenvalue weighted by Crippen LogP contribution is 2.02. The molecule has 0 aliphatic heterocycles. The van der Waals surface area contributed by atoms with Crippen molar-refractivity contribution >= 4 is 0 Å². The number of nitrogens with zero attached hydrogens (tertiary/aromatic N) is 2. The summed E-state index contributed by atoms with van der Waals surface area (Å²) in [4.78, 5) is 6.04. The normalized spacial score (nSPS) is 14.6. The topological polar surface area (TPSA) is 54.8 Å². The molecule has 0 aliphatic rings. The highest BCUT2D eigenvalue weighted by molar-refractivity contribution is 5.09. The predicted octanol–water partition coefficient (Wildman–Crippen LogP) is 0.926. The quantitative estimate of drug-likeness (QED) is 0.722. The molecule has 1 rings (SSSR count). The number of rotatable bonds is 9. The first kappa shape index (κ1) is 16.0. The smallest absolute Gasteiger partial charge is 0.0900 e. The predicted molar refractivity (Wildman–Crippen MR) is 73.9 cm³/mol. The summed E-state index contributed by atoms with van der Waals surface area (Å²) in [6.45, 7) is 4.15. The molecule has 19 heavy (non-hydrogen) atoms. The number of ether oxygens (including phenoxy) is 2. The molecule has 1 heterocycles. The third kappa shape index (κ3) is 7.22. The zero-order chi connectivity index (χ0) is 14.1. The molecule has 1 N–H and O–H groups in total. The van der Waals surface area contributed by atoms with E-state index in [9.17, 15) is 5.11 Å². The number of likely N-dealkylation sites (N-methyl/N-ethyl adjacent to an activating group) is 1. The third-order valence-electron chi connectivity index (χ3n) is 2.70. The Morgan fingerprint density at radius 2 is 2.00 bits per heavy atom. The largest absolute Gasteiger partial charge is 0.389 e. The number of hydrogen-bond donors (Lipinski definition) is 1. The number of hydrogen-bond acceptors (Lipinski definition) is 5. The third-order valence-corrected chi connectivity index (χ3v) is 2.70. The van der Waals surface area contributed by atoms with E-state index in [4.69, 9.17) is 9.47 Å². The summed E-state index contributed by atoms with van der Waals surface area (Å²) in [7, 11) is 3.61. The highest BCUT2D eigenvalue weighted by Gasteiger charge is 2.11. The van der Waals surface area contributed by atoms with Crippen LogP contribution in [0.3, 0.4) is 0 Å². The van der Waals surface area contributed by atoms with Gasteiger partial charge in [0.05, 0.1) is 25.4 Å². The molecule has 0 amide bonds. The summed E-state index contributed by atoms with van der Waals surface area (Å²) in [5.74, 6) is 0. The van der Waals surface area contributed by atoms with E-state index in [1.807, 2.05) is 26.1 Å². The summed E-state index contributed by atoms with van der Waals surface area (Å²) in [6.07, 6.45) is 3.06. The molecule has 0 fully saturated rings. The fraction of sp³-hybridized carbons (Fsp3) is 0.643. The van der Waals surface area contributed by atoms with Gasteiger partial charge < -0.3 is 14.6 Å². The van der Waals surface area contributed by atoms with Crippen LogP contribution in [0.25, 0.3) is 0 Å². The maximum absolute atomic E-state index is 9.89. The van der Waals surface area contributed by atoms with E-state index in [0.29, 0.717) is 19.8 Å². The molecule has 0 aromatic carbocycles. The van der Waals surface area contributed by atoms with Crippen LogP contribution in [-0.2, 0) is 16.0 Å². The Balaban J connectivity index is 2.22. The van der Waals surface area contributed by atoms with Gasteiger partial charge in [-0.2, -0.15) is 0 Å². The molecule has 0 radical (unpaired) electrons. The second-order valence-electron chi connectivity index (χ2n) is 4.81. The maximum Gasteiger partial charge on any atom is 0.0900 e. The van der Waals surface area contributed by atoms with E-state index in [0.717, 1.165) is 6.54 Å². The van der Waals surface area contributed by atoms with Crippen molar-refractivity contribution in [3.05, 3.63) is 30.1 Å². The lowest BCUT2D eigenvalue weighted by Crippen LogP contribution is -2.33. The van der Waals surface area contributed by atoms with Crippen LogP contribution in [0, 0.1) is 0 Å². The zero-order valence-corrected chi connectivity index (χ0v) is 12.0. The van der Waals surface area contributed by atoms with E-state index in [-0.39, 0.29) is 6.10 Å². The van der Waals surface area contributed by atoms with Gasteiger partial charge in [0.2, 0.25) is 0 Å². The Hall–Kier alpha value is -1.01. The van der Waals surface area contributed by atoms with E-state index >= 15 is 0 Å². The Morgan fingerprint density at radius 1 is 1.32 bits per heavy atom. The molecule has 108 valence electrons. The van der Waals surface area contributed by atoms with Crippen molar-refractivity contribution in [1.82, 2.24) is 9.88 Å². The van der Waals surface area contributed by atoms with Gasteiger partial charge in [-0.25, -0.2) is 0 Å². The Labute approximate surface area is 115 Å². The number of methoxy groups -OCH3 is 1. The van der Waals surface area contributed by atoms with Crippen LogP contribution in [0.1, 0.15) is 12.5 Å². The number of aromatic nitrogens is 1. The van der Waals surface area contributed by atoms with Crippen molar-refractivity contribution in [2.75, 3.05) is 33.9 Å².